The maximum Gasteiger partial charge on any atom is 0.153 e. The molecule has 2 heterocycles. The molecular weight excluding hydrogens is 370 g/mol. The minimum atomic E-state index is 0.640. The van der Waals surface area contributed by atoms with Crippen LogP contribution in [0.5, 0.6) is 0 Å². The van der Waals surface area contributed by atoms with Crippen LogP contribution in [0.3, 0.4) is 0 Å². The lowest BCUT2D eigenvalue weighted by atomic mass is 10.1. The van der Waals surface area contributed by atoms with Crippen LogP contribution in [0, 0.1) is 6.92 Å². The summed E-state index contributed by atoms with van der Waals surface area (Å²) in [5.74, 6) is 0.640. The van der Waals surface area contributed by atoms with E-state index in [1.807, 2.05) is 28.8 Å². The second kappa shape index (κ2) is 4.65. The third kappa shape index (κ3) is 2.07. The van der Waals surface area contributed by atoms with E-state index in [4.69, 9.17) is 5.73 Å². The molecule has 2 aromatic heterocycles. The number of nitrogens with zero attached hydrogens (tertiary/aromatic N) is 2. The summed E-state index contributed by atoms with van der Waals surface area (Å²) in [6.07, 6.45) is 1.91. The van der Waals surface area contributed by atoms with E-state index in [0.29, 0.717) is 5.82 Å². The molecule has 0 saturated carbocycles. The summed E-state index contributed by atoms with van der Waals surface area (Å²) in [6.45, 7) is 2.05. The van der Waals surface area contributed by atoms with E-state index in [1.165, 1.54) is 5.56 Å². The maximum atomic E-state index is 6.21. The van der Waals surface area contributed by atoms with Gasteiger partial charge in [0.25, 0.3) is 0 Å². The van der Waals surface area contributed by atoms with Crippen molar-refractivity contribution in [2.24, 2.45) is 0 Å². The summed E-state index contributed by atoms with van der Waals surface area (Å²) in [5, 5.41) is 0. The number of benzene rings is 1. The Morgan fingerprint density at radius 2 is 1.95 bits per heavy atom. The lowest BCUT2D eigenvalue weighted by Gasteiger charge is -2.03. The molecule has 3 aromatic rings. The van der Waals surface area contributed by atoms with Gasteiger partial charge in [0.15, 0.2) is 5.65 Å². The van der Waals surface area contributed by atoms with E-state index in [1.54, 1.807) is 0 Å². The number of anilines is 1. The molecule has 2 N–H and O–H groups in total. The molecule has 96 valence electrons. The first kappa shape index (κ1) is 12.7. The number of halogens is 2. The van der Waals surface area contributed by atoms with E-state index in [0.717, 1.165) is 25.8 Å². The highest BCUT2D eigenvalue weighted by molar-refractivity contribution is 9.11. The fourth-order valence-electron chi connectivity index (χ4n) is 2.06. The van der Waals surface area contributed by atoms with Gasteiger partial charge in [-0.05, 0) is 46.6 Å². The summed E-state index contributed by atoms with van der Waals surface area (Å²) < 4.78 is 3.81. The third-order valence-electron chi connectivity index (χ3n) is 3.02. The van der Waals surface area contributed by atoms with Gasteiger partial charge in [0, 0.05) is 16.2 Å². The molecule has 1 aromatic carbocycles. The van der Waals surface area contributed by atoms with E-state index in [-0.39, 0.29) is 0 Å². The lowest BCUT2D eigenvalue weighted by Crippen LogP contribution is -1.94. The molecule has 0 spiro atoms. The number of rotatable bonds is 1. The molecule has 0 aliphatic rings. The second-order valence-electron chi connectivity index (χ2n) is 4.38. The molecule has 0 radical (unpaired) electrons. The fraction of sp³-hybridized carbons (Fsp3) is 0.0714. The van der Waals surface area contributed by atoms with Crippen LogP contribution in [0.25, 0.3) is 16.9 Å². The third-order valence-corrected chi connectivity index (χ3v) is 4.29. The number of hydrogen-bond donors (Lipinski definition) is 1. The Morgan fingerprint density at radius 1 is 1.16 bits per heavy atom. The largest absolute Gasteiger partial charge is 0.383 e. The van der Waals surface area contributed by atoms with Gasteiger partial charge in [-0.3, -0.25) is 4.40 Å². The Labute approximate surface area is 127 Å². The van der Waals surface area contributed by atoms with Gasteiger partial charge in [-0.1, -0.05) is 28.1 Å². The zero-order chi connectivity index (χ0) is 13.6. The van der Waals surface area contributed by atoms with Crippen LogP contribution in [-0.4, -0.2) is 9.38 Å². The molecule has 3 nitrogen and oxygen atoms in total. The summed E-state index contributed by atoms with van der Waals surface area (Å²) in [6, 6.07) is 10.0. The maximum absolute atomic E-state index is 6.21. The quantitative estimate of drug-likeness (QED) is 0.679. The van der Waals surface area contributed by atoms with Crippen LogP contribution >= 0.6 is 31.9 Å². The van der Waals surface area contributed by atoms with Crippen molar-refractivity contribution >= 4 is 43.3 Å². The number of aryl methyl sites for hydroxylation is 1. The topological polar surface area (TPSA) is 43.3 Å². The number of aromatic nitrogens is 2. The first-order valence-electron chi connectivity index (χ1n) is 5.76. The normalized spacial score (nSPS) is 11.1. The predicted octanol–water partition coefficient (Wildman–Crippen LogP) is 4.42. The van der Waals surface area contributed by atoms with Crippen LogP contribution in [0.15, 0.2) is 45.5 Å². The van der Waals surface area contributed by atoms with Crippen LogP contribution in [-0.2, 0) is 0 Å². The molecule has 3 rings (SSSR count). The highest BCUT2D eigenvalue weighted by Gasteiger charge is 2.15. The molecule has 0 aliphatic carbocycles. The zero-order valence-corrected chi connectivity index (χ0v) is 13.4. The molecule has 0 saturated heterocycles. The number of nitrogens with two attached hydrogens (primary N) is 1. The number of fused-ring (bicyclic) bond motifs is 1. The minimum Gasteiger partial charge on any atom is -0.383 e. The second-order valence-corrected chi connectivity index (χ2v) is 6.09. The van der Waals surface area contributed by atoms with Crippen molar-refractivity contribution in [1.82, 2.24) is 9.38 Å². The summed E-state index contributed by atoms with van der Waals surface area (Å²) in [7, 11) is 0. The van der Waals surface area contributed by atoms with Crippen molar-refractivity contribution in [1.29, 1.82) is 0 Å². The zero-order valence-electron chi connectivity index (χ0n) is 10.2. The van der Waals surface area contributed by atoms with Gasteiger partial charge in [-0.2, -0.15) is 0 Å². The van der Waals surface area contributed by atoms with Crippen LogP contribution in [0.1, 0.15) is 5.56 Å². The first-order valence-corrected chi connectivity index (χ1v) is 7.35. The molecular formula is C14H11Br2N3. The summed E-state index contributed by atoms with van der Waals surface area (Å²) in [4.78, 5) is 4.63. The molecule has 5 heteroatoms. The molecule has 0 fully saturated rings. The molecule has 19 heavy (non-hydrogen) atoms. The lowest BCUT2D eigenvalue weighted by molar-refractivity contribution is 1.19. The molecule has 0 bridgehead atoms. The van der Waals surface area contributed by atoms with E-state index < -0.39 is 0 Å². The van der Waals surface area contributed by atoms with Crippen molar-refractivity contribution in [3.8, 4) is 11.3 Å². The summed E-state index contributed by atoms with van der Waals surface area (Å²) >= 11 is 7.07. The smallest absolute Gasteiger partial charge is 0.153 e. The number of nitrogen functional groups attached to an aromatic ring is 1. The van der Waals surface area contributed by atoms with Gasteiger partial charge in [0.2, 0.25) is 0 Å². The average Bonchev–Trinajstić information content (AvgIpc) is 2.69. The van der Waals surface area contributed by atoms with Gasteiger partial charge < -0.3 is 5.73 Å². The SMILES string of the molecule is Cc1ccc(-c2nc3c(Br)cccn3c2N)c(Br)c1. The number of hydrogen-bond acceptors (Lipinski definition) is 2. The van der Waals surface area contributed by atoms with Crippen LogP contribution in [0.2, 0.25) is 0 Å². The Kier molecular flexibility index (Phi) is 3.11. The van der Waals surface area contributed by atoms with Gasteiger partial charge in [-0.25, -0.2) is 4.98 Å². The van der Waals surface area contributed by atoms with Gasteiger partial charge in [0.05, 0.1) is 4.47 Å². The average molecular weight is 381 g/mol. The van der Waals surface area contributed by atoms with Crippen molar-refractivity contribution in [3.05, 3.63) is 51.0 Å². The van der Waals surface area contributed by atoms with Crippen molar-refractivity contribution in [3.63, 3.8) is 0 Å². The van der Waals surface area contributed by atoms with Crippen molar-refractivity contribution < 1.29 is 0 Å². The van der Waals surface area contributed by atoms with E-state index >= 15 is 0 Å². The van der Waals surface area contributed by atoms with Gasteiger partial charge in [-0.15, -0.1) is 0 Å². The summed E-state index contributed by atoms with van der Waals surface area (Å²) in [5.41, 5.74) is 10.0. The Hall–Kier alpha value is -1.33. The van der Waals surface area contributed by atoms with E-state index in [2.05, 4.69) is 55.9 Å². The van der Waals surface area contributed by atoms with Gasteiger partial charge in [0.1, 0.15) is 11.5 Å². The monoisotopic (exact) mass is 379 g/mol. The molecule has 0 unspecified atom stereocenters. The molecule has 0 aliphatic heterocycles. The van der Waals surface area contributed by atoms with Gasteiger partial charge >= 0.3 is 0 Å². The van der Waals surface area contributed by atoms with E-state index in [9.17, 15) is 0 Å². The van der Waals surface area contributed by atoms with Crippen molar-refractivity contribution in [2.75, 3.05) is 5.73 Å². The number of imidazole rings is 1. The highest BCUT2D eigenvalue weighted by atomic mass is 79.9. The number of pyridine rings is 1. The van der Waals surface area contributed by atoms with Crippen molar-refractivity contribution in [2.45, 2.75) is 6.92 Å². The van der Waals surface area contributed by atoms with Crippen LogP contribution < -0.4 is 5.73 Å². The Balaban J connectivity index is 2.31. The molecule has 0 amide bonds. The predicted molar refractivity (Wildman–Crippen MR) is 85.2 cm³/mol. The van der Waals surface area contributed by atoms with Crippen LogP contribution in [0.4, 0.5) is 5.82 Å². The Bertz CT molecular complexity index is 778. The first-order chi connectivity index (χ1) is 9.08. The Morgan fingerprint density at radius 3 is 2.63 bits per heavy atom. The highest BCUT2D eigenvalue weighted by Crippen LogP contribution is 2.34. The minimum absolute atomic E-state index is 0.640. The molecule has 0 atom stereocenters. The fourth-order valence-corrected chi connectivity index (χ4v) is 3.18. The standard InChI is InChI=1S/C14H11Br2N3/c1-8-4-5-9(11(16)7-8)12-13(17)19-6-2-3-10(15)14(19)18-12/h2-7H,17H2,1H3.